The molecule has 0 aliphatic carbocycles. The molecule has 0 amide bonds. The first-order valence-electron chi connectivity index (χ1n) is 5.15. The van der Waals surface area contributed by atoms with Gasteiger partial charge in [0.05, 0.1) is 21.3 Å². The summed E-state index contributed by atoms with van der Waals surface area (Å²) < 4.78 is 24.7. The van der Waals surface area contributed by atoms with Crippen LogP contribution in [0, 0.1) is 5.92 Å². The lowest BCUT2D eigenvalue weighted by atomic mass is 10.2. The standard InChI is InChI=1S/C10H14BrNO2S2/c1-7-4-12-8(6-16(13,14)5-7)9-2-3-10(11)15-9/h2-3,7-8,12H,4-6H2,1H3. The lowest BCUT2D eigenvalue weighted by Gasteiger charge is -2.13. The molecule has 1 saturated heterocycles. The van der Waals surface area contributed by atoms with Gasteiger partial charge in [-0.25, -0.2) is 8.42 Å². The summed E-state index contributed by atoms with van der Waals surface area (Å²) in [6.07, 6.45) is 0. The van der Waals surface area contributed by atoms with Gasteiger partial charge in [0.1, 0.15) is 0 Å². The van der Waals surface area contributed by atoms with Gasteiger partial charge < -0.3 is 5.32 Å². The second-order valence-corrected chi connectivity index (χ2v) is 8.93. The molecule has 2 rings (SSSR count). The van der Waals surface area contributed by atoms with E-state index in [9.17, 15) is 8.42 Å². The highest BCUT2D eigenvalue weighted by Crippen LogP contribution is 2.29. The minimum Gasteiger partial charge on any atom is -0.308 e. The average Bonchev–Trinajstić information content (AvgIpc) is 2.52. The molecule has 0 radical (unpaired) electrons. The number of halogens is 1. The zero-order chi connectivity index (χ0) is 11.8. The topological polar surface area (TPSA) is 46.2 Å². The van der Waals surface area contributed by atoms with Crippen LogP contribution in [0.15, 0.2) is 15.9 Å². The fraction of sp³-hybridized carbons (Fsp3) is 0.600. The molecule has 1 aromatic rings. The van der Waals surface area contributed by atoms with Gasteiger partial charge >= 0.3 is 0 Å². The molecular weight excluding hydrogens is 310 g/mol. The van der Waals surface area contributed by atoms with Gasteiger partial charge in [-0.1, -0.05) is 6.92 Å². The summed E-state index contributed by atoms with van der Waals surface area (Å²) in [6.45, 7) is 2.73. The Morgan fingerprint density at radius 3 is 2.81 bits per heavy atom. The zero-order valence-corrected chi connectivity index (χ0v) is 12.2. The molecule has 1 aromatic heterocycles. The van der Waals surface area contributed by atoms with Crippen molar-refractivity contribution in [2.24, 2.45) is 5.92 Å². The third-order valence-corrected chi connectivity index (χ3v) is 6.26. The summed E-state index contributed by atoms with van der Waals surface area (Å²) in [5, 5.41) is 3.33. The number of hydrogen-bond acceptors (Lipinski definition) is 4. The minimum atomic E-state index is -2.93. The summed E-state index contributed by atoms with van der Waals surface area (Å²) in [7, 11) is -2.93. The Labute approximate surface area is 108 Å². The van der Waals surface area contributed by atoms with Crippen molar-refractivity contribution < 1.29 is 8.42 Å². The van der Waals surface area contributed by atoms with E-state index in [1.54, 1.807) is 11.3 Å². The smallest absolute Gasteiger partial charge is 0.152 e. The van der Waals surface area contributed by atoms with Crippen LogP contribution in [0.4, 0.5) is 0 Å². The Balaban J connectivity index is 2.23. The second-order valence-electron chi connectivity index (χ2n) is 4.28. The zero-order valence-electron chi connectivity index (χ0n) is 8.94. The van der Waals surface area contributed by atoms with Crippen molar-refractivity contribution in [2.45, 2.75) is 13.0 Å². The SMILES string of the molecule is CC1CNC(c2ccc(Br)s2)CS(=O)(=O)C1. The Morgan fingerprint density at radius 2 is 2.19 bits per heavy atom. The van der Waals surface area contributed by atoms with Gasteiger partial charge in [0.25, 0.3) is 0 Å². The van der Waals surface area contributed by atoms with Crippen LogP contribution in [0.2, 0.25) is 0 Å². The molecule has 1 fully saturated rings. The van der Waals surface area contributed by atoms with Crippen molar-refractivity contribution in [3.8, 4) is 0 Å². The normalized spacial score (nSPS) is 29.9. The van der Waals surface area contributed by atoms with Crippen LogP contribution in [0.25, 0.3) is 0 Å². The van der Waals surface area contributed by atoms with Crippen molar-refractivity contribution in [3.05, 3.63) is 20.8 Å². The van der Waals surface area contributed by atoms with Gasteiger partial charge in [-0.15, -0.1) is 11.3 Å². The molecule has 1 aliphatic heterocycles. The largest absolute Gasteiger partial charge is 0.308 e. The Hall–Kier alpha value is 0.0900. The summed E-state index contributed by atoms with van der Waals surface area (Å²) in [5.74, 6) is 0.700. The quantitative estimate of drug-likeness (QED) is 0.861. The number of rotatable bonds is 1. The molecule has 2 atom stereocenters. The molecule has 0 aromatic carbocycles. The van der Waals surface area contributed by atoms with Crippen LogP contribution in [0.3, 0.4) is 0 Å². The highest BCUT2D eigenvalue weighted by atomic mass is 79.9. The van der Waals surface area contributed by atoms with Gasteiger partial charge in [0, 0.05) is 4.88 Å². The van der Waals surface area contributed by atoms with Crippen molar-refractivity contribution in [1.29, 1.82) is 0 Å². The van der Waals surface area contributed by atoms with Gasteiger partial charge in [0.2, 0.25) is 0 Å². The van der Waals surface area contributed by atoms with E-state index in [1.165, 1.54) is 0 Å². The Kier molecular flexibility index (Phi) is 3.73. The van der Waals surface area contributed by atoms with Gasteiger partial charge in [0.15, 0.2) is 9.84 Å². The first-order valence-corrected chi connectivity index (χ1v) is 8.58. The van der Waals surface area contributed by atoms with E-state index >= 15 is 0 Å². The first-order chi connectivity index (χ1) is 7.46. The lowest BCUT2D eigenvalue weighted by molar-refractivity contribution is 0.522. The van der Waals surface area contributed by atoms with Crippen molar-refractivity contribution >= 4 is 37.1 Å². The van der Waals surface area contributed by atoms with E-state index in [0.29, 0.717) is 5.75 Å². The fourth-order valence-electron chi connectivity index (χ4n) is 1.92. The number of sulfone groups is 1. The van der Waals surface area contributed by atoms with Gasteiger partial charge in [-0.2, -0.15) is 0 Å². The van der Waals surface area contributed by atoms with Crippen molar-refractivity contribution in [1.82, 2.24) is 5.32 Å². The van der Waals surface area contributed by atoms with Crippen molar-refractivity contribution in [2.75, 3.05) is 18.1 Å². The van der Waals surface area contributed by atoms with Crippen LogP contribution >= 0.6 is 27.3 Å². The maximum Gasteiger partial charge on any atom is 0.152 e. The van der Waals surface area contributed by atoms with Gasteiger partial charge in [-0.3, -0.25) is 0 Å². The molecular formula is C10H14BrNO2S2. The second kappa shape index (κ2) is 4.76. The molecule has 0 saturated carbocycles. The predicted octanol–water partition coefficient (Wildman–Crippen LogP) is 2.21. The van der Waals surface area contributed by atoms with Crippen LogP contribution in [-0.2, 0) is 9.84 Å². The summed E-state index contributed by atoms with van der Waals surface area (Å²) in [4.78, 5) is 1.09. The van der Waals surface area contributed by atoms with Crippen LogP contribution in [-0.4, -0.2) is 26.5 Å². The number of nitrogens with one attached hydrogen (secondary N) is 1. The van der Waals surface area contributed by atoms with Crippen LogP contribution in [0.1, 0.15) is 17.8 Å². The number of hydrogen-bond donors (Lipinski definition) is 1. The molecule has 0 bridgehead atoms. The van der Waals surface area contributed by atoms with Crippen LogP contribution in [0.5, 0.6) is 0 Å². The third kappa shape index (κ3) is 3.06. The highest BCUT2D eigenvalue weighted by Gasteiger charge is 2.27. The summed E-state index contributed by atoms with van der Waals surface area (Å²) in [5.41, 5.74) is 0. The van der Waals surface area contributed by atoms with Gasteiger partial charge in [-0.05, 0) is 40.5 Å². The third-order valence-electron chi connectivity index (χ3n) is 2.61. The van der Waals surface area contributed by atoms with E-state index in [-0.39, 0.29) is 17.7 Å². The molecule has 3 nitrogen and oxygen atoms in total. The average molecular weight is 324 g/mol. The molecule has 2 unspecified atom stereocenters. The molecule has 90 valence electrons. The van der Waals surface area contributed by atoms with Crippen LogP contribution < -0.4 is 5.32 Å². The number of thiophene rings is 1. The predicted molar refractivity (Wildman–Crippen MR) is 70.6 cm³/mol. The fourth-order valence-corrected chi connectivity index (χ4v) is 5.45. The monoisotopic (exact) mass is 323 g/mol. The Bertz CT molecular complexity index is 469. The minimum absolute atomic E-state index is 0.0498. The maximum absolute atomic E-state index is 11.8. The summed E-state index contributed by atoms with van der Waals surface area (Å²) >= 11 is 5.00. The van der Waals surface area contributed by atoms with E-state index < -0.39 is 9.84 Å². The van der Waals surface area contributed by atoms with E-state index in [4.69, 9.17) is 0 Å². The lowest BCUT2D eigenvalue weighted by Crippen LogP contribution is -2.25. The Morgan fingerprint density at radius 1 is 1.44 bits per heavy atom. The van der Waals surface area contributed by atoms with E-state index in [0.717, 1.165) is 15.2 Å². The maximum atomic E-state index is 11.8. The highest BCUT2D eigenvalue weighted by molar-refractivity contribution is 9.11. The molecule has 1 aliphatic rings. The molecule has 0 spiro atoms. The molecule has 2 heterocycles. The molecule has 6 heteroatoms. The molecule has 1 N–H and O–H groups in total. The van der Waals surface area contributed by atoms with E-state index in [2.05, 4.69) is 21.2 Å². The first kappa shape index (κ1) is 12.5. The molecule has 16 heavy (non-hydrogen) atoms. The van der Waals surface area contributed by atoms with Crippen molar-refractivity contribution in [3.63, 3.8) is 0 Å². The summed E-state index contributed by atoms with van der Waals surface area (Å²) in [6, 6.07) is 3.90. The van der Waals surface area contributed by atoms with E-state index in [1.807, 2.05) is 19.1 Å².